The number of aliphatic hydroxyl groups excluding tert-OH is 1. The van der Waals surface area contributed by atoms with Crippen molar-refractivity contribution in [1.29, 1.82) is 0 Å². The minimum absolute atomic E-state index is 0.0512. The second kappa shape index (κ2) is 9.17. The average Bonchev–Trinajstić information content (AvgIpc) is 2.45. The van der Waals surface area contributed by atoms with Gasteiger partial charge in [-0.25, -0.2) is 0 Å². The number of nitrogens with one attached hydrogen (secondary N) is 1. The molecule has 1 aliphatic heterocycles. The number of hydrogen-bond donors (Lipinski definition) is 2. The normalized spacial score (nSPS) is 17.1. The van der Waals surface area contributed by atoms with Gasteiger partial charge in [0.2, 0.25) is 11.8 Å². The monoisotopic (exact) mass is 290 g/mol. The van der Waals surface area contributed by atoms with Crippen LogP contribution in [0.5, 0.6) is 0 Å². The van der Waals surface area contributed by atoms with Crippen LogP contribution in [-0.4, -0.2) is 72.3 Å². The largest absolute Gasteiger partial charge is 0.394 e. The topological polar surface area (TPSA) is 78.9 Å². The van der Waals surface area contributed by atoms with Crippen molar-refractivity contribution in [2.45, 2.75) is 19.4 Å². The van der Waals surface area contributed by atoms with Crippen molar-refractivity contribution >= 4 is 23.6 Å². The van der Waals surface area contributed by atoms with E-state index in [1.54, 1.807) is 4.90 Å². The predicted octanol–water partition coefficient (Wildman–Crippen LogP) is -0.534. The van der Waals surface area contributed by atoms with E-state index in [-0.39, 0.29) is 30.2 Å². The number of ether oxygens (including phenoxy) is 1. The van der Waals surface area contributed by atoms with Crippen molar-refractivity contribution in [2.75, 3.05) is 44.4 Å². The molecule has 7 heteroatoms. The molecular formula is C12H22N2O4S. The second-order valence-corrected chi connectivity index (χ2v) is 5.33. The molecule has 0 spiro atoms. The van der Waals surface area contributed by atoms with E-state index in [4.69, 9.17) is 9.84 Å². The maximum atomic E-state index is 11.8. The van der Waals surface area contributed by atoms with Gasteiger partial charge in [0.25, 0.3) is 0 Å². The molecule has 2 amide bonds. The number of hydrogen-bond acceptors (Lipinski definition) is 5. The Labute approximate surface area is 117 Å². The molecule has 0 radical (unpaired) electrons. The van der Waals surface area contributed by atoms with Crippen molar-refractivity contribution < 1.29 is 19.4 Å². The highest BCUT2D eigenvalue weighted by molar-refractivity contribution is 8.00. The Balaban J connectivity index is 2.15. The third-order valence-corrected chi connectivity index (χ3v) is 3.82. The Hall–Kier alpha value is -0.790. The van der Waals surface area contributed by atoms with Gasteiger partial charge >= 0.3 is 0 Å². The van der Waals surface area contributed by atoms with Gasteiger partial charge in [-0.15, -0.1) is 11.8 Å². The van der Waals surface area contributed by atoms with E-state index in [9.17, 15) is 9.59 Å². The summed E-state index contributed by atoms with van der Waals surface area (Å²) < 4.78 is 5.17. The van der Waals surface area contributed by atoms with Gasteiger partial charge in [0.05, 0.1) is 37.4 Å². The zero-order valence-electron chi connectivity index (χ0n) is 11.3. The minimum Gasteiger partial charge on any atom is -0.394 e. The molecule has 0 saturated carbocycles. The van der Waals surface area contributed by atoms with Gasteiger partial charge in [-0.2, -0.15) is 0 Å². The first kappa shape index (κ1) is 16.3. The summed E-state index contributed by atoms with van der Waals surface area (Å²) in [4.78, 5) is 25.1. The van der Waals surface area contributed by atoms with E-state index < -0.39 is 0 Å². The Morgan fingerprint density at radius 1 is 1.37 bits per heavy atom. The van der Waals surface area contributed by atoms with Crippen molar-refractivity contribution in [1.82, 2.24) is 10.2 Å². The van der Waals surface area contributed by atoms with Gasteiger partial charge in [-0.05, 0) is 6.42 Å². The van der Waals surface area contributed by atoms with Gasteiger partial charge in [-0.1, -0.05) is 6.92 Å². The fraction of sp³-hybridized carbons (Fsp3) is 0.833. The van der Waals surface area contributed by atoms with Crippen LogP contribution in [0.25, 0.3) is 0 Å². The Morgan fingerprint density at radius 3 is 2.63 bits per heavy atom. The van der Waals surface area contributed by atoms with Gasteiger partial charge in [-0.3, -0.25) is 9.59 Å². The Morgan fingerprint density at radius 2 is 2.05 bits per heavy atom. The number of rotatable bonds is 7. The van der Waals surface area contributed by atoms with E-state index in [1.807, 2.05) is 6.92 Å². The van der Waals surface area contributed by atoms with Crippen LogP contribution in [0, 0.1) is 0 Å². The first-order chi connectivity index (χ1) is 9.17. The molecule has 1 fully saturated rings. The smallest absolute Gasteiger partial charge is 0.232 e. The van der Waals surface area contributed by atoms with Crippen LogP contribution in [0.15, 0.2) is 0 Å². The number of carbonyl (C=O) groups is 2. The maximum absolute atomic E-state index is 11.8. The summed E-state index contributed by atoms with van der Waals surface area (Å²) in [5.41, 5.74) is 0. The van der Waals surface area contributed by atoms with Crippen LogP contribution in [0.2, 0.25) is 0 Å². The molecule has 1 heterocycles. The highest BCUT2D eigenvalue weighted by Gasteiger charge is 2.17. The fourth-order valence-electron chi connectivity index (χ4n) is 1.68. The zero-order chi connectivity index (χ0) is 14.1. The van der Waals surface area contributed by atoms with E-state index in [0.29, 0.717) is 38.5 Å². The number of nitrogens with zero attached hydrogens (tertiary/aromatic N) is 1. The lowest BCUT2D eigenvalue weighted by atomic mass is 10.2. The van der Waals surface area contributed by atoms with E-state index in [2.05, 4.69) is 5.32 Å². The molecule has 6 nitrogen and oxygen atoms in total. The highest BCUT2D eigenvalue weighted by atomic mass is 32.2. The van der Waals surface area contributed by atoms with Crippen LogP contribution >= 0.6 is 11.8 Å². The molecule has 110 valence electrons. The second-order valence-electron chi connectivity index (χ2n) is 4.34. The first-order valence-electron chi connectivity index (χ1n) is 6.50. The zero-order valence-corrected chi connectivity index (χ0v) is 12.1. The molecule has 1 aliphatic rings. The first-order valence-corrected chi connectivity index (χ1v) is 7.66. The number of amides is 2. The summed E-state index contributed by atoms with van der Waals surface area (Å²) in [5.74, 6) is 0.464. The SMILES string of the molecule is CCC(CO)NC(=O)CSCC(=O)N1CCOCC1. The quantitative estimate of drug-likeness (QED) is 0.659. The molecule has 0 aromatic carbocycles. The van der Waals surface area contributed by atoms with Crippen LogP contribution in [0.4, 0.5) is 0 Å². The lowest BCUT2D eigenvalue weighted by Crippen LogP contribution is -2.42. The summed E-state index contributed by atoms with van der Waals surface area (Å²) in [6.45, 7) is 4.29. The third kappa shape index (κ3) is 6.26. The third-order valence-electron chi connectivity index (χ3n) is 2.90. The van der Waals surface area contributed by atoms with Gasteiger partial charge in [0, 0.05) is 13.1 Å². The van der Waals surface area contributed by atoms with Gasteiger partial charge in [0.15, 0.2) is 0 Å². The van der Waals surface area contributed by atoms with E-state index in [0.717, 1.165) is 0 Å². The minimum atomic E-state index is -0.192. The molecule has 0 aromatic heterocycles. The van der Waals surface area contributed by atoms with Crippen molar-refractivity contribution in [3.05, 3.63) is 0 Å². The van der Waals surface area contributed by atoms with Crippen molar-refractivity contribution in [3.8, 4) is 0 Å². The van der Waals surface area contributed by atoms with Gasteiger partial charge < -0.3 is 20.1 Å². The molecule has 1 atom stereocenters. The van der Waals surface area contributed by atoms with Crippen LogP contribution in [0.3, 0.4) is 0 Å². The molecule has 0 aromatic rings. The van der Waals surface area contributed by atoms with E-state index >= 15 is 0 Å². The van der Waals surface area contributed by atoms with Crippen LogP contribution in [-0.2, 0) is 14.3 Å². The molecule has 2 N–H and O–H groups in total. The number of aliphatic hydroxyl groups is 1. The summed E-state index contributed by atoms with van der Waals surface area (Å²) in [7, 11) is 0. The summed E-state index contributed by atoms with van der Waals surface area (Å²) >= 11 is 1.30. The summed E-state index contributed by atoms with van der Waals surface area (Å²) in [6, 6.07) is -0.192. The highest BCUT2D eigenvalue weighted by Crippen LogP contribution is 2.05. The summed E-state index contributed by atoms with van der Waals surface area (Å²) in [6.07, 6.45) is 0.694. The molecule has 1 rings (SSSR count). The van der Waals surface area contributed by atoms with E-state index in [1.165, 1.54) is 11.8 Å². The maximum Gasteiger partial charge on any atom is 0.232 e. The molecule has 0 bridgehead atoms. The standard InChI is InChI=1S/C12H22N2O4S/c1-2-10(7-15)13-11(16)8-19-9-12(17)14-3-5-18-6-4-14/h10,15H,2-9H2,1H3,(H,13,16). The Bertz CT molecular complexity index is 291. The lowest BCUT2D eigenvalue weighted by Gasteiger charge is -2.26. The molecule has 19 heavy (non-hydrogen) atoms. The molecule has 1 saturated heterocycles. The van der Waals surface area contributed by atoms with Crippen molar-refractivity contribution in [3.63, 3.8) is 0 Å². The van der Waals surface area contributed by atoms with Crippen molar-refractivity contribution in [2.24, 2.45) is 0 Å². The number of thioether (sulfide) groups is 1. The Kier molecular flexibility index (Phi) is 7.85. The average molecular weight is 290 g/mol. The predicted molar refractivity (Wildman–Crippen MR) is 74.0 cm³/mol. The molecular weight excluding hydrogens is 268 g/mol. The summed E-state index contributed by atoms with van der Waals surface area (Å²) in [5, 5.41) is 11.7. The lowest BCUT2D eigenvalue weighted by molar-refractivity contribution is -0.132. The van der Waals surface area contributed by atoms with Gasteiger partial charge in [0.1, 0.15) is 0 Å². The molecule has 1 unspecified atom stereocenters. The van der Waals surface area contributed by atoms with Crippen LogP contribution in [0.1, 0.15) is 13.3 Å². The van der Waals surface area contributed by atoms with Crippen LogP contribution < -0.4 is 5.32 Å². The molecule has 0 aliphatic carbocycles. The number of morpholine rings is 1. The number of carbonyl (C=O) groups excluding carboxylic acids is 2. The fourth-order valence-corrected chi connectivity index (χ4v) is 2.41.